The second-order valence-corrected chi connectivity index (χ2v) is 28.2. The van der Waals surface area contributed by atoms with Crippen molar-refractivity contribution in [2.24, 2.45) is 11.8 Å². The maximum atomic E-state index is 14.0. The summed E-state index contributed by atoms with van der Waals surface area (Å²) < 4.78 is 89.3. The highest BCUT2D eigenvalue weighted by molar-refractivity contribution is 5.90. The minimum absolute atomic E-state index is 0.00842. The zero-order chi connectivity index (χ0) is 86.4. The van der Waals surface area contributed by atoms with Crippen LogP contribution in [0.25, 0.3) is 0 Å². The van der Waals surface area contributed by atoms with Gasteiger partial charge in [-0.25, -0.2) is 0 Å². The maximum absolute atomic E-state index is 14.0. The number of carbonyl (C=O) groups excluding carboxylic acids is 16. The third kappa shape index (κ3) is 41.5. The fourth-order valence-electron chi connectivity index (χ4n) is 13.0. The van der Waals surface area contributed by atoms with Gasteiger partial charge in [-0.3, -0.25) is 81.5 Å². The normalized spacial score (nSPS) is 23.3. The number of nitrogens with one attached hydrogen (secondary N) is 5. The SMILES string of the molecule is CC(=O)OCC[C@H]1OC(OCCCCCCNC(=O)CCC(NC(=O)CCC(NC(=O)CCCC(=O)O)C(=O)NCCCCCCO[C@H]2O[C@H](COC(C)=O)[C@@H](O)[C@H](OC(C)=O)[C@@H]2OC(C)=O)C(=O)NCCCCCCO[C@@H]2C[C@H](OC(C)=O)[C@@H](OC(C)=O)[C@@H](COC(C)=O)[C@H]2COC(C)=O)[C@@H](OC(C)=O)[C@@H](OC(C)=O)[C@@H]1OC(C)=O. The quantitative estimate of drug-likeness (QED) is 0.0259. The van der Waals surface area contributed by atoms with Crippen LogP contribution in [0.2, 0.25) is 0 Å². The smallest absolute Gasteiger partial charge is 0.303 e. The molecule has 0 bridgehead atoms. The Labute approximate surface area is 673 Å². The summed E-state index contributed by atoms with van der Waals surface area (Å²) in [5.74, 6) is -13.6. The molecule has 40 nitrogen and oxygen atoms in total. The van der Waals surface area contributed by atoms with E-state index in [0.29, 0.717) is 77.0 Å². The minimum Gasteiger partial charge on any atom is -0.481 e. The summed E-state index contributed by atoms with van der Waals surface area (Å²) >= 11 is 0. The molecular weight excluding hydrogens is 1540 g/mol. The maximum Gasteiger partial charge on any atom is 0.303 e. The summed E-state index contributed by atoms with van der Waals surface area (Å²) in [6.07, 6.45) is -12.1. The van der Waals surface area contributed by atoms with Crippen LogP contribution < -0.4 is 26.6 Å². The molecule has 0 aromatic carbocycles. The number of hydrogen-bond acceptors (Lipinski definition) is 34. The summed E-state index contributed by atoms with van der Waals surface area (Å²) in [5.41, 5.74) is 0. The Morgan fingerprint density at radius 1 is 0.345 bits per heavy atom. The zero-order valence-corrected chi connectivity index (χ0v) is 68.1. The number of aliphatic hydroxyl groups excluding tert-OH is 1. The second-order valence-electron chi connectivity index (χ2n) is 28.2. The molecule has 17 atom stereocenters. The van der Waals surface area contributed by atoms with Crippen molar-refractivity contribution >= 4 is 101 Å². The van der Waals surface area contributed by atoms with Gasteiger partial charge >= 0.3 is 71.6 Å². The lowest BCUT2D eigenvalue weighted by molar-refractivity contribution is -0.306. The van der Waals surface area contributed by atoms with Gasteiger partial charge in [-0.15, -0.1) is 0 Å². The molecule has 2 aliphatic heterocycles. The van der Waals surface area contributed by atoms with Crippen LogP contribution in [-0.4, -0.2) is 269 Å². The van der Waals surface area contributed by atoms with Crippen LogP contribution >= 0.6 is 0 Å². The lowest BCUT2D eigenvalue weighted by Gasteiger charge is -2.45. The van der Waals surface area contributed by atoms with Crippen molar-refractivity contribution in [1.29, 1.82) is 0 Å². The van der Waals surface area contributed by atoms with Crippen molar-refractivity contribution in [1.82, 2.24) is 26.6 Å². The number of carbonyl (C=O) groups is 17. The van der Waals surface area contributed by atoms with Gasteiger partial charge < -0.3 is 113 Å². The third-order valence-electron chi connectivity index (χ3n) is 18.2. The highest BCUT2D eigenvalue weighted by Gasteiger charge is 2.54. The lowest BCUT2D eigenvalue weighted by atomic mass is 9.74. The molecule has 40 heteroatoms. The van der Waals surface area contributed by atoms with E-state index in [-0.39, 0.29) is 111 Å². The van der Waals surface area contributed by atoms with E-state index in [9.17, 15) is 91.7 Å². The number of ether oxygens (including phenoxy) is 16. The van der Waals surface area contributed by atoms with Gasteiger partial charge in [0, 0.05) is 166 Å². The summed E-state index contributed by atoms with van der Waals surface area (Å²) in [7, 11) is 0. The molecule has 5 amide bonds. The molecule has 1 saturated carbocycles. The number of aliphatic hydroxyl groups is 1. The average molecular weight is 1660 g/mol. The standard InChI is InChI=1S/C76H119N5O35/c1-43(82)101-38-31-58-68(110-49(7)88)70(112-51(9)90)72(114-53(11)92)76(115-58)104-37-22-16-12-18-32-77-62(93)29-27-56(73(99)78-33-19-13-15-21-35-102-59-39-60(108-47(5)86)67(109-48(6)87)55(41-106-45(3)84)54(59)40-105-44(2)83)81-64(95)30-28-57(80-63(94)25-24-26-65(96)97)74(100)79-34-20-14-17-23-36-103-75-71(113-52(10)91)69(111-50(8)89)66(98)61(116-75)42-107-46(4)85/h54-61,66-72,75-76,98H,12-42H2,1-11H3,(H,77,93)(H,78,99)(H,79,100)(H,80,94)(H,81,95)(H,96,97)/t54-,55+,56?,57?,58-,59-,60+,61-,66-,67+,68-,69+,70+,71+,72+,75+,76?/m1/s1. The molecular formula is C76H119N5O35. The van der Waals surface area contributed by atoms with Crippen molar-refractivity contribution < 1.29 is 168 Å². The predicted molar refractivity (Wildman–Crippen MR) is 395 cm³/mol. The highest BCUT2D eigenvalue weighted by Crippen LogP contribution is 2.38. The van der Waals surface area contributed by atoms with E-state index in [1.165, 1.54) is 34.6 Å². The van der Waals surface area contributed by atoms with Gasteiger partial charge in [-0.1, -0.05) is 38.5 Å². The first-order valence-electron chi connectivity index (χ1n) is 39.2. The van der Waals surface area contributed by atoms with Gasteiger partial charge in [-0.05, 0) is 57.8 Å². The Morgan fingerprint density at radius 2 is 0.733 bits per heavy atom. The van der Waals surface area contributed by atoms with E-state index in [4.69, 9.17) is 75.8 Å². The van der Waals surface area contributed by atoms with E-state index in [0.717, 1.165) is 41.5 Å². The number of amides is 5. The first kappa shape index (κ1) is 101. The van der Waals surface area contributed by atoms with Gasteiger partial charge in [0.2, 0.25) is 29.5 Å². The molecule has 658 valence electrons. The average Bonchev–Trinajstić information content (AvgIpc) is 0.786. The molecule has 116 heavy (non-hydrogen) atoms. The third-order valence-corrected chi connectivity index (χ3v) is 18.2. The molecule has 2 saturated heterocycles. The monoisotopic (exact) mass is 1660 g/mol. The van der Waals surface area contributed by atoms with Crippen LogP contribution in [0.5, 0.6) is 0 Å². The van der Waals surface area contributed by atoms with Crippen molar-refractivity contribution in [3.05, 3.63) is 0 Å². The van der Waals surface area contributed by atoms with E-state index < -0.39 is 218 Å². The molecule has 3 aliphatic rings. The van der Waals surface area contributed by atoms with E-state index in [1.807, 2.05) is 0 Å². The molecule has 0 aromatic heterocycles. The number of hydrogen-bond donors (Lipinski definition) is 7. The fraction of sp³-hybridized carbons (Fsp3) is 0.776. The van der Waals surface area contributed by atoms with Crippen LogP contribution in [0.1, 0.15) is 211 Å². The van der Waals surface area contributed by atoms with Gasteiger partial charge in [-0.2, -0.15) is 0 Å². The highest BCUT2D eigenvalue weighted by atomic mass is 16.7. The van der Waals surface area contributed by atoms with Crippen molar-refractivity contribution in [2.75, 3.05) is 65.9 Å². The Bertz CT molecular complexity index is 3210. The van der Waals surface area contributed by atoms with Crippen molar-refractivity contribution in [3.8, 4) is 0 Å². The molecule has 3 unspecified atom stereocenters. The van der Waals surface area contributed by atoms with Crippen molar-refractivity contribution in [2.45, 2.75) is 303 Å². The molecule has 0 aromatic rings. The fourth-order valence-corrected chi connectivity index (χ4v) is 13.0. The lowest BCUT2D eigenvalue weighted by Crippen LogP contribution is -2.62. The van der Waals surface area contributed by atoms with Gasteiger partial charge in [0.05, 0.1) is 25.9 Å². The van der Waals surface area contributed by atoms with Gasteiger partial charge in [0.15, 0.2) is 43.1 Å². The van der Waals surface area contributed by atoms with Crippen LogP contribution in [0.15, 0.2) is 0 Å². The molecule has 1 aliphatic carbocycles. The first-order chi connectivity index (χ1) is 55.0. The van der Waals surface area contributed by atoms with Crippen LogP contribution in [0.3, 0.4) is 0 Å². The number of rotatable bonds is 54. The molecule has 3 rings (SSSR count). The number of unbranched alkanes of at least 4 members (excludes halogenated alkanes) is 9. The molecule has 7 N–H and O–H groups in total. The number of esters is 11. The zero-order valence-electron chi connectivity index (χ0n) is 68.1. The molecule has 0 radical (unpaired) electrons. The Balaban J connectivity index is 1.72. The number of carboxylic acid groups (broad SMARTS) is 1. The van der Waals surface area contributed by atoms with Crippen LogP contribution in [0.4, 0.5) is 0 Å². The summed E-state index contributed by atoms with van der Waals surface area (Å²) in [5, 5.41) is 33.8. The summed E-state index contributed by atoms with van der Waals surface area (Å²) in [6.45, 7) is 12.2. The van der Waals surface area contributed by atoms with Crippen LogP contribution in [0, 0.1) is 11.8 Å². The van der Waals surface area contributed by atoms with Crippen molar-refractivity contribution in [3.63, 3.8) is 0 Å². The van der Waals surface area contributed by atoms with Crippen LogP contribution in [-0.2, 0) is 157 Å². The van der Waals surface area contributed by atoms with Gasteiger partial charge in [0.1, 0.15) is 49.2 Å². The van der Waals surface area contributed by atoms with Gasteiger partial charge in [0.25, 0.3) is 0 Å². The predicted octanol–water partition coefficient (Wildman–Crippen LogP) is 1.83. The Hall–Kier alpha value is -9.25. The Morgan fingerprint density at radius 3 is 1.21 bits per heavy atom. The van der Waals surface area contributed by atoms with E-state index in [2.05, 4.69) is 26.6 Å². The second kappa shape index (κ2) is 55.4. The topological polar surface area (TPSA) is 538 Å². The molecule has 2 heterocycles. The molecule has 3 fully saturated rings. The number of aliphatic carboxylic acids is 1. The minimum atomic E-state index is -1.57. The Kier molecular flexibility index (Phi) is 48.2. The summed E-state index contributed by atoms with van der Waals surface area (Å²) in [6, 6.07) is -2.61. The largest absolute Gasteiger partial charge is 0.481 e. The summed E-state index contributed by atoms with van der Waals surface area (Å²) in [4.78, 5) is 212. The first-order valence-corrected chi connectivity index (χ1v) is 39.2. The van der Waals surface area contributed by atoms with E-state index in [1.54, 1.807) is 0 Å². The number of carboxylic acids is 1. The van der Waals surface area contributed by atoms with E-state index >= 15 is 0 Å². The molecule has 0 spiro atoms.